The molecule has 0 atom stereocenters. The van der Waals surface area contributed by atoms with Crippen molar-refractivity contribution < 1.29 is 4.79 Å². The highest BCUT2D eigenvalue weighted by Crippen LogP contribution is 2.37. The van der Waals surface area contributed by atoms with Crippen LogP contribution in [0.2, 0.25) is 0 Å². The second-order valence-corrected chi connectivity index (χ2v) is 6.24. The molecule has 25 heavy (non-hydrogen) atoms. The number of H-pyrrole nitrogens is 1. The zero-order valence-electron chi connectivity index (χ0n) is 14.3. The van der Waals surface area contributed by atoms with E-state index in [1.54, 1.807) is 4.52 Å². The van der Waals surface area contributed by atoms with Gasteiger partial charge in [0, 0.05) is 55.2 Å². The summed E-state index contributed by atoms with van der Waals surface area (Å²) in [7, 11) is 0. The molecule has 1 aliphatic heterocycles. The van der Waals surface area contributed by atoms with E-state index in [1.165, 1.54) is 6.07 Å². The summed E-state index contributed by atoms with van der Waals surface area (Å²) in [6.07, 6.45) is 7.46. The van der Waals surface area contributed by atoms with E-state index in [0.29, 0.717) is 37.9 Å². The molecule has 0 unspecified atom stereocenters. The lowest BCUT2D eigenvalue weighted by atomic mass is 10.0. The molecule has 0 aromatic carbocycles. The number of aromatic amines is 1. The van der Waals surface area contributed by atoms with Gasteiger partial charge in [-0.15, -0.1) is 12.3 Å². The number of nitrogens with zero attached hydrogens (tertiary/aromatic N) is 4. The number of terminal acetylenes is 1. The first-order chi connectivity index (χ1) is 11.9. The van der Waals surface area contributed by atoms with E-state index in [9.17, 15) is 9.59 Å². The Bertz CT molecular complexity index is 940. The fourth-order valence-electron chi connectivity index (χ4n) is 2.87. The first-order valence-corrected chi connectivity index (χ1v) is 8.16. The van der Waals surface area contributed by atoms with E-state index in [4.69, 9.17) is 6.42 Å². The van der Waals surface area contributed by atoms with Crippen LogP contribution < -0.4 is 10.9 Å². The molecule has 1 aliphatic rings. The van der Waals surface area contributed by atoms with E-state index < -0.39 is 5.66 Å². The Morgan fingerprint density at radius 2 is 2.16 bits per heavy atom. The number of hydrogen-bond acceptors (Lipinski definition) is 5. The van der Waals surface area contributed by atoms with Gasteiger partial charge in [0.15, 0.2) is 11.3 Å². The fraction of sp³-hybridized carbons (Fsp3) is 0.471. The highest BCUT2D eigenvalue weighted by molar-refractivity contribution is 5.76. The molecule has 0 saturated carbocycles. The molecule has 0 radical (unpaired) electrons. The Balaban J connectivity index is 1.60. The van der Waals surface area contributed by atoms with Crippen molar-refractivity contribution in [3.63, 3.8) is 0 Å². The van der Waals surface area contributed by atoms with Crippen molar-refractivity contribution in [3.8, 4) is 12.3 Å². The quantitative estimate of drug-likeness (QED) is 0.748. The maximum Gasteiger partial charge on any atom is 0.266 e. The molecule has 0 spiro atoms. The number of carbonyl (C=O) groups is 1. The van der Waals surface area contributed by atoms with Crippen molar-refractivity contribution in [2.75, 3.05) is 0 Å². The van der Waals surface area contributed by atoms with Gasteiger partial charge >= 0.3 is 0 Å². The molecule has 2 aromatic heterocycles. The molecule has 0 bridgehead atoms. The van der Waals surface area contributed by atoms with Crippen LogP contribution in [-0.4, -0.2) is 26.2 Å². The third-order valence-corrected chi connectivity index (χ3v) is 4.47. The summed E-state index contributed by atoms with van der Waals surface area (Å²) in [6.45, 7) is 4.10. The molecular formula is C17H20N6O2. The molecule has 8 heteroatoms. The van der Waals surface area contributed by atoms with Crippen LogP contribution in [-0.2, 0) is 11.3 Å². The van der Waals surface area contributed by atoms with Crippen molar-refractivity contribution >= 4 is 11.6 Å². The van der Waals surface area contributed by atoms with Crippen LogP contribution in [0.3, 0.4) is 0 Å². The summed E-state index contributed by atoms with van der Waals surface area (Å²) < 4.78 is 1.63. The molecule has 3 heterocycles. The van der Waals surface area contributed by atoms with Crippen LogP contribution in [0.15, 0.2) is 21.1 Å². The molecule has 0 aliphatic carbocycles. The van der Waals surface area contributed by atoms with Gasteiger partial charge in [0.2, 0.25) is 5.91 Å². The minimum Gasteiger partial charge on any atom is -0.352 e. The predicted molar refractivity (Wildman–Crippen MR) is 92.0 cm³/mol. The topological polar surface area (TPSA) is 104 Å². The highest BCUT2D eigenvalue weighted by atomic mass is 16.1. The van der Waals surface area contributed by atoms with Gasteiger partial charge in [-0.2, -0.15) is 10.2 Å². The lowest BCUT2D eigenvalue weighted by Gasteiger charge is -2.13. The first-order valence-electron chi connectivity index (χ1n) is 8.16. The summed E-state index contributed by atoms with van der Waals surface area (Å²) in [5.74, 6) is 2.50. The Morgan fingerprint density at radius 1 is 1.40 bits per heavy atom. The number of carbonyl (C=O) groups excluding carboxylic acids is 1. The van der Waals surface area contributed by atoms with E-state index in [0.717, 1.165) is 17.0 Å². The molecule has 3 rings (SSSR count). The van der Waals surface area contributed by atoms with E-state index in [2.05, 4.69) is 31.5 Å². The van der Waals surface area contributed by atoms with Crippen molar-refractivity contribution in [3.05, 3.63) is 33.4 Å². The van der Waals surface area contributed by atoms with E-state index in [-0.39, 0.29) is 11.5 Å². The van der Waals surface area contributed by atoms with Crippen LogP contribution in [0, 0.1) is 26.2 Å². The van der Waals surface area contributed by atoms with Crippen LogP contribution in [0.5, 0.6) is 0 Å². The third kappa shape index (κ3) is 3.60. The van der Waals surface area contributed by atoms with Gasteiger partial charge in [-0.1, -0.05) is 0 Å². The Morgan fingerprint density at radius 3 is 2.84 bits per heavy atom. The number of aryl methyl sites for hydroxylation is 2. The average Bonchev–Trinajstić information content (AvgIpc) is 3.25. The van der Waals surface area contributed by atoms with E-state index >= 15 is 0 Å². The second-order valence-electron chi connectivity index (χ2n) is 6.24. The fourth-order valence-corrected chi connectivity index (χ4v) is 2.87. The van der Waals surface area contributed by atoms with Crippen molar-refractivity contribution in [2.45, 2.75) is 51.7 Å². The summed E-state index contributed by atoms with van der Waals surface area (Å²) in [5.41, 5.74) is 2.45. The monoisotopic (exact) mass is 340 g/mol. The van der Waals surface area contributed by atoms with Gasteiger partial charge in [-0.05, 0) is 13.8 Å². The Kier molecular flexibility index (Phi) is 4.40. The van der Waals surface area contributed by atoms with Gasteiger partial charge in [-0.3, -0.25) is 14.7 Å². The lowest BCUT2D eigenvalue weighted by molar-refractivity contribution is -0.121. The van der Waals surface area contributed by atoms with Crippen molar-refractivity contribution in [2.24, 2.45) is 10.2 Å². The number of rotatable bonds is 7. The maximum absolute atomic E-state index is 12.1. The third-order valence-electron chi connectivity index (χ3n) is 4.47. The van der Waals surface area contributed by atoms with Crippen LogP contribution in [0.4, 0.5) is 0 Å². The minimum absolute atomic E-state index is 0.0720. The van der Waals surface area contributed by atoms with Gasteiger partial charge in [0.1, 0.15) is 0 Å². The Labute approximate surface area is 144 Å². The molecule has 2 aromatic rings. The van der Waals surface area contributed by atoms with Gasteiger partial charge in [-0.25, -0.2) is 9.50 Å². The molecule has 0 fully saturated rings. The first kappa shape index (κ1) is 16.9. The molecule has 2 N–H and O–H groups in total. The molecule has 8 nitrogen and oxygen atoms in total. The Hall–Kier alpha value is -2.95. The zero-order valence-corrected chi connectivity index (χ0v) is 14.3. The normalized spacial score (nSPS) is 14.4. The summed E-state index contributed by atoms with van der Waals surface area (Å²) in [4.78, 5) is 28.0. The van der Waals surface area contributed by atoms with Gasteiger partial charge in [0.05, 0.1) is 0 Å². The largest absolute Gasteiger partial charge is 0.352 e. The average molecular weight is 340 g/mol. The van der Waals surface area contributed by atoms with Crippen molar-refractivity contribution in [1.29, 1.82) is 0 Å². The number of aromatic nitrogens is 3. The van der Waals surface area contributed by atoms with Crippen LogP contribution >= 0.6 is 0 Å². The van der Waals surface area contributed by atoms with E-state index in [1.807, 2.05) is 13.8 Å². The minimum atomic E-state index is -0.444. The number of hydrogen-bond donors (Lipinski definition) is 2. The highest BCUT2D eigenvalue weighted by Gasteiger charge is 2.39. The number of nitrogens with one attached hydrogen (secondary N) is 2. The van der Waals surface area contributed by atoms with Crippen LogP contribution in [0.1, 0.15) is 42.6 Å². The van der Waals surface area contributed by atoms with Gasteiger partial charge in [0.25, 0.3) is 5.56 Å². The summed E-state index contributed by atoms with van der Waals surface area (Å²) >= 11 is 0. The molecule has 0 saturated heterocycles. The molecular weight excluding hydrogens is 320 g/mol. The van der Waals surface area contributed by atoms with Crippen molar-refractivity contribution in [1.82, 2.24) is 19.9 Å². The number of fused-ring (bicyclic) bond motifs is 1. The molecule has 1 amide bonds. The SMILES string of the molecule is C#CCCC1(CCC(=O)NCc2c(C)nc3cc(=O)[nH]n3c2C)N=N1. The predicted octanol–water partition coefficient (Wildman–Crippen LogP) is 1.61. The smallest absolute Gasteiger partial charge is 0.266 e. The second kappa shape index (κ2) is 6.51. The molecule has 130 valence electrons. The zero-order chi connectivity index (χ0) is 18.0. The van der Waals surface area contributed by atoms with Gasteiger partial charge < -0.3 is 5.32 Å². The summed E-state index contributed by atoms with van der Waals surface area (Å²) in [5, 5.41) is 13.7. The standard InChI is InChI=1S/C17H20N6O2/c1-4-5-7-17(21-22-17)8-6-15(24)18-10-13-11(2)19-14-9-16(25)20-23(14)12(13)3/h1,9H,5-8,10H2,2-3H3,(H,18,24)(H,20,25). The lowest BCUT2D eigenvalue weighted by Crippen LogP contribution is -2.26. The number of amides is 1. The summed E-state index contributed by atoms with van der Waals surface area (Å²) in [6, 6.07) is 1.45. The maximum atomic E-state index is 12.1. The van der Waals surface area contributed by atoms with Crippen LogP contribution in [0.25, 0.3) is 5.65 Å².